The summed E-state index contributed by atoms with van der Waals surface area (Å²) in [6, 6.07) is 11.7. The Morgan fingerprint density at radius 1 is 1.10 bits per heavy atom. The number of rotatable bonds is 7. The second kappa shape index (κ2) is 9.73. The van der Waals surface area contributed by atoms with Gasteiger partial charge in [0, 0.05) is 17.6 Å². The molecule has 10 heteroatoms. The predicted molar refractivity (Wildman–Crippen MR) is 119 cm³/mol. The Hall–Kier alpha value is -2.91. The van der Waals surface area contributed by atoms with Gasteiger partial charge < -0.3 is 5.32 Å². The van der Waals surface area contributed by atoms with E-state index in [2.05, 4.69) is 15.8 Å². The quantitative estimate of drug-likeness (QED) is 0.499. The number of carbonyl (C=O) groups is 2. The molecule has 2 aromatic rings. The van der Waals surface area contributed by atoms with Crippen molar-refractivity contribution in [1.29, 1.82) is 0 Å². The molecule has 0 spiro atoms. The second-order valence-corrected chi connectivity index (χ2v) is 9.03. The molecule has 0 bridgehead atoms. The van der Waals surface area contributed by atoms with Gasteiger partial charge in [-0.3, -0.25) is 13.9 Å². The van der Waals surface area contributed by atoms with Gasteiger partial charge >= 0.3 is 0 Å². The lowest BCUT2D eigenvalue weighted by molar-refractivity contribution is -0.119. The van der Waals surface area contributed by atoms with Crippen LogP contribution in [0.2, 0.25) is 5.02 Å². The third-order valence-electron chi connectivity index (χ3n) is 4.09. The summed E-state index contributed by atoms with van der Waals surface area (Å²) in [7, 11) is -3.71. The number of amides is 2. The number of halogens is 1. The zero-order valence-electron chi connectivity index (χ0n) is 17.1. The van der Waals surface area contributed by atoms with Crippen LogP contribution in [0.4, 0.5) is 11.4 Å². The van der Waals surface area contributed by atoms with Gasteiger partial charge in [-0.25, -0.2) is 13.8 Å². The number of hydrogen-bond acceptors (Lipinski definition) is 5. The molecular weight excluding hydrogens is 428 g/mol. The molecule has 0 heterocycles. The van der Waals surface area contributed by atoms with Crippen molar-refractivity contribution in [2.75, 3.05) is 22.4 Å². The van der Waals surface area contributed by atoms with Crippen LogP contribution in [0.5, 0.6) is 0 Å². The minimum absolute atomic E-state index is 0.174. The van der Waals surface area contributed by atoms with Gasteiger partial charge in [0.25, 0.3) is 5.91 Å². The summed E-state index contributed by atoms with van der Waals surface area (Å²) in [5.41, 5.74) is 5.27. The molecule has 0 aliphatic rings. The molecular formula is C20H23ClN4O4S. The highest BCUT2D eigenvalue weighted by Gasteiger charge is 2.22. The molecule has 0 aliphatic carbocycles. The van der Waals surface area contributed by atoms with Crippen LogP contribution in [0, 0.1) is 6.92 Å². The van der Waals surface area contributed by atoms with Crippen molar-refractivity contribution >= 4 is 50.5 Å². The lowest BCUT2D eigenvalue weighted by Gasteiger charge is -2.23. The van der Waals surface area contributed by atoms with Gasteiger partial charge in [-0.1, -0.05) is 23.7 Å². The zero-order chi connectivity index (χ0) is 22.5. The number of benzene rings is 2. The van der Waals surface area contributed by atoms with Gasteiger partial charge in [0.1, 0.15) is 6.54 Å². The van der Waals surface area contributed by atoms with Crippen LogP contribution in [0.1, 0.15) is 25.0 Å². The maximum Gasteiger partial charge on any atom is 0.260 e. The summed E-state index contributed by atoms with van der Waals surface area (Å²) in [5, 5.41) is 7.17. The van der Waals surface area contributed by atoms with Crippen LogP contribution in [-0.2, 0) is 19.6 Å². The molecule has 0 unspecified atom stereocenters. The summed E-state index contributed by atoms with van der Waals surface area (Å²) in [6.07, 6.45) is 1.03. The summed E-state index contributed by atoms with van der Waals surface area (Å²) >= 11 is 5.93. The van der Waals surface area contributed by atoms with Gasteiger partial charge in [-0.05, 0) is 55.3 Å². The van der Waals surface area contributed by atoms with E-state index in [1.54, 1.807) is 56.3 Å². The molecule has 0 fully saturated rings. The number of aryl methyl sites for hydroxylation is 1. The minimum Gasteiger partial charge on any atom is -0.326 e. The van der Waals surface area contributed by atoms with Crippen molar-refractivity contribution in [3.63, 3.8) is 0 Å². The number of nitrogens with zero attached hydrogens (tertiary/aromatic N) is 2. The van der Waals surface area contributed by atoms with Gasteiger partial charge in [0.05, 0.1) is 17.7 Å². The molecule has 0 atom stereocenters. The Morgan fingerprint density at radius 2 is 1.73 bits per heavy atom. The van der Waals surface area contributed by atoms with Crippen LogP contribution in [-0.4, -0.2) is 38.7 Å². The summed E-state index contributed by atoms with van der Waals surface area (Å²) in [4.78, 5) is 23.4. The first-order valence-electron chi connectivity index (χ1n) is 8.92. The fourth-order valence-corrected chi connectivity index (χ4v) is 3.79. The van der Waals surface area contributed by atoms with Crippen molar-refractivity contribution < 1.29 is 18.0 Å². The lowest BCUT2D eigenvalue weighted by atomic mass is 10.1. The van der Waals surface area contributed by atoms with E-state index >= 15 is 0 Å². The molecule has 160 valence electrons. The smallest absolute Gasteiger partial charge is 0.260 e. The summed E-state index contributed by atoms with van der Waals surface area (Å²) in [6.45, 7) is 4.40. The largest absolute Gasteiger partial charge is 0.326 e. The number of hydrogen-bond donors (Lipinski definition) is 2. The maximum atomic E-state index is 12.4. The van der Waals surface area contributed by atoms with E-state index in [1.807, 2.05) is 0 Å². The average molecular weight is 451 g/mol. The molecule has 0 aromatic heterocycles. The number of anilines is 2. The van der Waals surface area contributed by atoms with Crippen molar-refractivity contribution in [3.8, 4) is 0 Å². The molecule has 0 saturated heterocycles. The van der Waals surface area contributed by atoms with Crippen LogP contribution in [0.25, 0.3) is 0 Å². The predicted octanol–water partition coefficient (Wildman–Crippen LogP) is 2.91. The van der Waals surface area contributed by atoms with Crippen molar-refractivity contribution in [2.24, 2.45) is 5.10 Å². The zero-order valence-corrected chi connectivity index (χ0v) is 18.6. The number of carbonyl (C=O) groups excluding carboxylic acids is 2. The third-order valence-corrected chi connectivity index (χ3v) is 5.45. The maximum absolute atomic E-state index is 12.4. The van der Waals surface area contributed by atoms with Gasteiger partial charge in [-0.2, -0.15) is 5.10 Å². The summed E-state index contributed by atoms with van der Waals surface area (Å²) in [5.74, 6) is -0.768. The first-order chi connectivity index (χ1) is 14.0. The van der Waals surface area contributed by atoms with E-state index in [-0.39, 0.29) is 5.91 Å². The van der Waals surface area contributed by atoms with Crippen molar-refractivity contribution in [1.82, 2.24) is 5.43 Å². The number of nitrogens with one attached hydrogen (secondary N) is 2. The van der Waals surface area contributed by atoms with E-state index in [1.165, 1.54) is 6.92 Å². The topological polar surface area (TPSA) is 108 Å². The van der Waals surface area contributed by atoms with Crippen molar-refractivity contribution in [3.05, 3.63) is 58.6 Å². The fourth-order valence-electron chi connectivity index (χ4n) is 2.65. The Morgan fingerprint density at radius 3 is 2.27 bits per heavy atom. The highest BCUT2D eigenvalue weighted by molar-refractivity contribution is 7.92. The molecule has 0 saturated carbocycles. The van der Waals surface area contributed by atoms with Crippen LogP contribution in [0.15, 0.2) is 47.6 Å². The normalized spacial score (nSPS) is 11.7. The Bertz CT molecular complexity index is 1080. The third kappa shape index (κ3) is 6.57. The molecule has 0 radical (unpaired) electrons. The fraction of sp³-hybridized carbons (Fsp3) is 0.250. The van der Waals surface area contributed by atoms with Crippen LogP contribution in [0.3, 0.4) is 0 Å². The highest BCUT2D eigenvalue weighted by atomic mass is 35.5. The molecule has 2 aromatic carbocycles. The molecule has 2 N–H and O–H groups in total. The molecule has 2 amide bonds. The monoisotopic (exact) mass is 450 g/mol. The molecule has 30 heavy (non-hydrogen) atoms. The first kappa shape index (κ1) is 23.4. The van der Waals surface area contributed by atoms with Crippen molar-refractivity contribution in [2.45, 2.75) is 20.8 Å². The second-order valence-electron chi connectivity index (χ2n) is 6.69. The van der Waals surface area contributed by atoms with E-state index < -0.39 is 22.5 Å². The van der Waals surface area contributed by atoms with Crippen LogP contribution >= 0.6 is 11.6 Å². The first-order valence-corrected chi connectivity index (χ1v) is 11.1. The minimum atomic E-state index is -3.71. The standard InChI is InChI=1S/C20H23ClN4O4S/c1-13-11-17(21)7-10-19(13)25(30(4,28)29)12-20(27)24-23-14(2)16-5-8-18(9-6-16)22-15(3)26/h5-11H,12H2,1-4H3,(H,22,26)(H,24,27)/b23-14-. The van der Waals surface area contributed by atoms with Gasteiger partial charge in [-0.15, -0.1) is 0 Å². The Kier molecular flexibility index (Phi) is 7.58. The van der Waals surface area contributed by atoms with E-state index in [4.69, 9.17) is 11.6 Å². The van der Waals surface area contributed by atoms with E-state index in [0.29, 0.717) is 27.7 Å². The van der Waals surface area contributed by atoms with E-state index in [0.717, 1.165) is 16.1 Å². The van der Waals surface area contributed by atoms with E-state index in [9.17, 15) is 18.0 Å². The Labute approximate surface area is 181 Å². The molecule has 8 nitrogen and oxygen atoms in total. The van der Waals surface area contributed by atoms with Crippen LogP contribution < -0.4 is 15.0 Å². The molecule has 2 rings (SSSR count). The Balaban J connectivity index is 2.12. The number of hydrazone groups is 1. The lowest BCUT2D eigenvalue weighted by Crippen LogP contribution is -2.39. The van der Waals surface area contributed by atoms with Gasteiger partial charge in [0.2, 0.25) is 15.9 Å². The summed E-state index contributed by atoms with van der Waals surface area (Å²) < 4.78 is 25.4. The highest BCUT2D eigenvalue weighted by Crippen LogP contribution is 2.25. The number of sulfonamides is 1. The SMILES string of the molecule is CC(=O)Nc1ccc(/C(C)=N\NC(=O)CN(c2ccc(Cl)cc2C)S(C)(=O)=O)cc1. The average Bonchev–Trinajstić information content (AvgIpc) is 2.64. The van der Waals surface area contributed by atoms with Gasteiger partial charge in [0.15, 0.2) is 0 Å². The molecule has 0 aliphatic heterocycles.